The highest BCUT2D eigenvalue weighted by Gasteiger charge is 2.12. The average Bonchev–Trinajstić information content (AvgIpc) is 3.10. The molecule has 0 unspecified atom stereocenters. The van der Waals surface area contributed by atoms with E-state index < -0.39 is 0 Å². The summed E-state index contributed by atoms with van der Waals surface area (Å²) in [7, 11) is 1.64. The molecular formula is C16H14N4OS. The fraction of sp³-hybridized carbons (Fsp3) is 0.188. The first-order valence-corrected chi connectivity index (χ1v) is 7.82. The minimum Gasteiger partial charge on any atom is -0.377 e. The zero-order valence-corrected chi connectivity index (χ0v) is 12.9. The zero-order chi connectivity index (χ0) is 14.9. The van der Waals surface area contributed by atoms with Crippen LogP contribution in [-0.2, 0) is 17.8 Å². The third-order valence-corrected chi connectivity index (χ3v) is 4.49. The Labute approximate surface area is 131 Å². The minimum absolute atomic E-state index is 0.415. The van der Waals surface area contributed by atoms with Crippen LogP contribution in [0.5, 0.6) is 0 Å². The van der Waals surface area contributed by atoms with Gasteiger partial charge in [-0.05, 0) is 16.3 Å². The summed E-state index contributed by atoms with van der Waals surface area (Å²) in [6.45, 7) is 0.415. The predicted octanol–water partition coefficient (Wildman–Crippen LogP) is 3.08. The van der Waals surface area contributed by atoms with Gasteiger partial charge < -0.3 is 4.74 Å². The van der Waals surface area contributed by atoms with Gasteiger partial charge in [-0.25, -0.2) is 0 Å². The van der Waals surface area contributed by atoms with E-state index in [4.69, 9.17) is 4.74 Å². The number of aromatic nitrogens is 4. The molecule has 2 aromatic heterocycles. The van der Waals surface area contributed by atoms with Gasteiger partial charge in [0.25, 0.3) is 0 Å². The van der Waals surface area contributed by atoms with Gasteiger partial charge in [0.1, 0.15) is 11.6 Å². The molecule has 0 aliphatic carbocycles. The number of hydrogen-bond acceptors (Lipinski definition) is 5. The summed E-state index contributed by atoms with van der Waals surface area (Å²) in [6, 6.07) is 14.8. The molecule has 0 fully saturated rings. The van der Waals surface area contributed by atoms with Crippen LogP contribution in [0.15, 0.2) is 42.5 Å². The van der Waals surface area contributed by atoms with Crippen molar-refractivity contribution in [2.45, 2.75) is 13.0 Å². The summed E-state index contributed by atoms with van der Waals surface area (Å²) in [4.78, 5) is 0.808. The van der Waals surface area contributed by atoms with Gasteiger partial charge in [0.05, 0.1) is 0 Å². The Kier molecular flexibility index (Phi) is 3.32. The van der Waals surface area contributed by atoms with Gasteiger partial charge in [-0.2, -0.15) is 9.61 Å². The Bertz CT molecular complexity index is 938. The monoisotopic (exact) mass is 310 g/mol. The molecule has 0 amide bonds. The first-order chi connectivity index (χ1) is 10.8. The Morgan fingerprint density at radius 3 is 2.86 bits per heavy atom. The number of nitrogens with zero attached hydrogens (tertiary/aromatic N) is 4. The summed E-state index contributed by atoms with van der Waals surface area (Å²) in [5.41, 5.74) is 1.27. The van der Waals surface area contributed by atoms with Crippen molar-refractivity contribution < 1.29 is 4.74 Å². The third-order valence-electron chi connectivity index (χ3n) is 3.59. The lowest BCUT2D eigenvalue weighted by molar-refractivity contribution is 0.176. The maximum absolute atomic E-state index is 5.12. The summed E-state index contributed by atoms with van der Waals surface area (Å²) in [5.74, 6) is 0.734. The van der Waals surface area contributed by atoms with Crippen LogP contribution in [0.3, 0.4) is 0 Å². The van der Waals surface area contributed by atoms with E-state index in [2.05, 4.69) is 57.8 Å². The van der Waals surface area contributed by atoms with Crippen molar-refractivity contribution in [3.63, 3.8) is 0 Å². The second-order valence-electron chi connectivity index (χ2n) is 5.05. The number of rotatable bonds is 4. The topological polar surface area (TPSA) is 52.3 Å². The van der Waals surface area contributed by atoms with Crippen LogP contribution in [0.25, 0.3) is 15.7 Å². The molecule has 110 valence electrons. The molecule has 22 heavy (non-hydrogen) atoms. The highest BCUT2D eigenvalue weighted by atomic mass is 32.1. The second kappa shape index (κ2) is 5.47. The van der Waals surface area contributed by atoms with Gasteiger partial charge in [-0.3, -0.25) is 0 Å². The minimum atomic E-state index is 0.415. The highest BCUT2D eigenvalue weighted by Crippen LogP contribution is 2.23. The smallest absolute Gasteiger partial charge is 0.234 e. The Morgan fingerprint density at radius 1 is 1.09 bits per heavy atom. The van der Waals surface area contributed by atoms with Crippen molar-refractivity contribution >= 4 is 27.1 Å². The van der Waals surface area contributed by atoms with Gasteiger partial charge in [0.2, 0.25) is 4.96 Å². The summed E-state index contributed by atoms with van der Waals surface area (Å²) >= 11 is 1.57. The Balaban J connectivity index is 1.73. The number of fused-ring (bicyclic) bond motifs is 2. The SMILES string of the molecule is COCc1nnc2sc(Cc3cccc4ccccc34)nn12. The molecule has 4 rings (SSSR count). The molecule has 0 aliphatic rings. The molecule has 0 bridgehead atoms. The fourth-order valence-electron chi connectivity index (χ4n) is 2.60. The number of benzene rings is 2. The zero-order valence-electron chi connectivity index (χ0n) is 12.1. The number of ether oxygens (including phenoxy) is 1. The second-order valence-corrected chi connectivity index (χ2v) is 6.09. The molecule has 0 radical (unpaired) electrons. The van der Waals surface area contributed by atoms with Crippen molar-refractivity contribution in [2.75, 3.05) is 7.11 Å². The standard InChI is InChI=1S/C16H14N4OS/c1-21-10-14-17-18-16-20(14)19-15(22-16)9-12-7-4-6-11-5-2-3-8-13(11)12/h2-8H,9-10H2,1H3. The van der Waals surface area contributed by atoms with Crippen LogP contribution in [0.1, 0.15) is 16.4 Å². The summed E-state index contributed by atoms with van der Waals surface area (Å²) in [5, 5.41) is 16.4. The van der Waals surface area contributed by atoms with E-state index in [1.807, 2.05) is 0 Å². The fourth-order valence-corrected chi connectivity index (χ4v) is 3.47. The number of methoxy groups -OCH3 is 1. The molecule has 0 saturated carbocycles. The van der Waals surface area contributed by atoms with E-state index in [1.165, 1.54) is 16.3 Å². The largest absolute Gasteiger partial charge is 0.377 e. The van der Waals surface area contributed by atoms with E-state index >= 15 is 0 Å². The number of hydrogen-bond donors (Lipinski definition) is 0. The highest BCUT2D eigenvalue weighted by molar-refractivity contribution is 7.16. The van der Waals surface area contributed by atoms with Crippen molar-refractivity contribution in [1.82, 2.24) is 19.8 Å². The maximum atomic E-state index is 5.12. The van der Waals surface area contributed by atoms with Gasteiger partial charge in [0, 0.05) is 13.5 Å². The van der Waals surface area contributed by atoms with Crippen molar-refractivity contribution in [1.29, 1.82) is 0 Å². The summed E-state index contributed by atoms with van der Waals surface area (Å²) in [6.07, 6.45) is 0.793. The van der Waals surface area contributed by atoms with E-state index in [9.17, 15) is 0 Å². The third kappa shape index (κ3) is 2.26. The molecule has 6 heteroatoms. The van der Waals surface area contributed by atoms with E-state index in [0.29, 0.717) is 6.61 Å². The van der Waals surface area contributed by atoms with Crippen LogP contribution < -0.4 is 0 Å². The van der Waals surface area contributed by atoms with Gasteiger partial charge in [-0.1, -0.05) is 53.8 Å². The molecule has 0 aliphatic heterocycles. The molecule has 0 N–H and O–H groups in total. The van der Waals surface area contributed by atoms with Crippen LogP contribution in [0.2, 0.25) is 0 Å². The van der Waals surface area contributed by atoms with Crippen LogP contribution >= 0.6 is 11.3 Å². The molecule has 4 aromatic rings. The van der Waals surface area contributed by atoms with Crippen molar-refractivity contribution in [2.24, 2.45) is 0 Å². The molecule has 0 saturated heterocycles. The molecule has 5 nitrogen and oxygen atoms in total. The first-order valence-electron chi connectivity index (χ1n) is 7.01. The van der Waals surface area contributed by atoms with Crippen LogP contribution in [0.4, 0.5) is 0 Å². The normalized spacial score (nSPS) is 11.5. The quantitative estimate of drug-likeness (QED) is 0.581. The molecule has 0 spiro atoms. The Hall–Kier alpha value is -2.31. The molecule has 2 aromatic carbocycles. The lowest BCUT2D eigenvalue weighted by Crippen LogP contribution is -1.98. The first kappa shape index (κ1) is 13.4. The molecule has 2 heterocycles. The van der Waals surface area contributed by atoms with Crippen molar-refractivity contribution in [3.05, 3.63) is 58.9 Å². The average molecular weight is 310 g/mol. The van der Waals surface area contributed by atoms with Crippen molar-refractivity contribution in [3.8, 4) is 0 Å². The van der Waals surface area contributed by atoms with E-state index in [1.54, 1.807) is 23.0 Å². The maximum Gasteiger partial charge on any atom is 0.234 e. The van der Waals surface area contributed by atoms with Gasteiger partial charge >= 0.3 is 0 Å². The Morgan fingerprint density at radius 2 is 1.95 bits per heavy atom. The molecule has 0 atom stereocenters. The van der Waals surface area contributed by atoms with Crippen LogP contribution in [0, 0.1) is 0 Å². The van der Waals surface area contributed by atoms with Gasteiger partial charge in [-0.15, -0.1) is 10.2 Å². The van der Waals surface area contributed by atoms with Gasteiger partial charge in [0.15, 0.2) is 5.82 Å². The molecular weight excluding hydrogens is 296 g/mol. The van der Waals surface area contributed by atoms with E-state index in [0.717, 1.165) is 22.2 Å². The lowest BCUT2D eigenvalue weighted by atomic mass is 10.0. The van der Waals surface area contributed by atoms with E-state index in [-0.39, 0.29) is 0 Å². The summed E-state index contributed by atoms with van der Waals surface area (Å²) < 4.78 is 6.89. The predicted molar refractivity (Wildman–Crippen MR) is 86.1 cm³/mol. The van der Waals surface area contributed by atoms with Crippen LogP contribution in [-0.4, -0.2) is 26.9 Å². The lowest BCUT2D eigenvalue weighted by Gasteiger charge is -2.04.